The Morgan fingerprint density at radius 3 is 1.86 bits per heavy atom. The van der Waals surface area contributed by atoms with Crippen LogP contribution >= 0.6 is 28.0 Å². The minimum Gasteiger partial charge on any atom is -0.391 e. The first kappa shape index (κ1) is 42.0. The molecule has 1 heterocycles. The lowest BCUT2D eigenvalue weighted by atomic mass is 10.1. The van der Waals surface area contributed by atoms with Crippen molar-refractivity contribution in [2.75, 3.05) is 25.7 Å². The molecule has 2 unspecified atom stereocenters. The highest BCUT2D eigenvalue weighted by Crippen LogP contribution is 2.25. The van der Waals surface area contributed by atoms with E-state index in [1.807, 2.05) is 60.7 Å². The van der Waals surface area contributed by atoms with E-state index < -0.39 is 58.5 Å². The van der Waals surface area contributed by atoms with Crippen molar-refractivity contribution in [3.05, 3.63) is 71.8 Å². The Balaban J connectivity index is 0.000000684. The molecule has 0 spiro atoms. The summed E-state index contributed by atoms with van der Waals surface area (Å²) in [7, 11) is -2.65. The van der Waals surface area contributed by atoms with Gasteiger partial charge in [-0.3, -0.25) is 4.84 Å². The molecule has 8 N–H and O–H groups in total. The van der Waals surface area contributed by atoms with Gasteiger partial charge in [0.15, 0.2) is 6.29 Å². The first-order chi connectivity index (χ1) is 20.5. The molecule has 2 aromatic rings. The summed E-state index contributed by atoms with van der Waals surface area (Å²) in [5.74, 6) is 4.86. The zero-order valence-electron chi connectivity index (χ0n) is 24.7. The molecule has 16 heteroatoms. The van der Waals surface area contributed by atoms with Crippen LogP contribution in [0.25, 0.3) is 0 Å². The highest BCUT2D eigenvalue weighted by Gasteiger charge is 2.42. The molecule has 1 aliphatic rings. The summed E-state index contributed by atoms with van der Waals surface area (Å²) >= 11 is 0. The van der Waals surface area contributed by atoms with E-state index in [0.717, 1.165) is 17.3 Å². The van der Waals surface area contributed by atoms with E-state index in [-0.39, 0.29) is 25.4 Å². The van der Waals surface area contributed by atoms with E-state index in [1.54, 1.807) is 13.3 Å². The third kappa shape index (κ3) is 18.1. The molecular weight excluding hydrogens is 638 g/mol. The van der Waals surface area contributed by atoms with Gasteiger partial charge in [-0.15, -0.1) is 12.4 Å². The van der Waals surface area contributed by atoms with E-state index in [9.17, 15) is 29.6 Å². The van der Waals surface area contributed by atoms with E-state index in [4.69, 9.17) is 25.7 Å². The summed E-state index contributed by atoms with van der Waals surface area (Å²) in [6, 6.07) is 19.2. The predicted octanol–water partition coefficient (Wildman–Crippen LogP) is 1.89. The van der Waals surface area contributed by atoms with Gasteiger partial charge in [0, 0.05) is 12.8 Å². The van der Waals surface area contributed by atoms with Crippen LogP contribution in [0.2, 0.25) is 0 Å². The Kier molecular flexibility index (Phi) is 23.2. The van der Waals surface area contributed by atoms with Gasteiger partial charge in [-0.1, -0.05) is 74.9 Å². The van der Waals surface area contributed by atoms with Crippen LogP contribution in [0.4, 0.5) is 0 Å². The summed E-state index contributed by atoms with van der Waals surface area (Å²) in [4.78, 5) is 9.42. The molecule has 0 saturated carbocycles. The normalized spacial score (nSPS) is 21.8. The van der Waals surface area contributed by atoms with E-state index in [1.165, 1.54) is 0 Å². The van der Waals surface area contributed by atoms with Crippen LogP contribution < -0.4 is 5.90 Å². The highest BCUT2D eigenvalue weighted by atomic mass is 35.5. The number of oxime groups is 1. The summed E-state index contributed by atoms with van der Waals surface area (Å²) < 4.78 is 26.6. The van der Waals surface area contributed by atoms with Crippen LogP contribution in [-0.4, -0.2) is 105 Å². The van der Waals surface area contributed by atoms with Gasteiger partial charge in [-0.25, -0.2) is 5.90 Å². The van der Waals surface area contributed by atoms with Gasteiger partial charge in [0.1, 0.15) is 56.7 Å². The van der Waals surface area contributed by atoms with E-state index >= 15 is 0 Å². The summed E-state index contributed by atoms with van der Waals surface area (Å²) in [6.45, 7) is 3.87. The summed E-state index contributed by atoms with van der Waals surface area (Å²) in [5, 5.41) is 59.9. The fourth-order valence-electron chi connectivity index (χ4n) is 3.54. The van der Waals surface area contributed by atoms with Crippen LogP contribution in [0.3, 0.4) is 0 Å². The van der Waals surface area contributed by atoms with Gasteiger partial charge in [-0.05, 0) is 11.1 Å². The SMILES string of the molecule is C[P+](=O)CC[C@@H](O)[C@@H](O)[C@@H](O)C=NOCc1ccccc1.C[P+](=O)CC[C@H]1O[C@@H](O)[C@H](O)[C@@H]1O.Cl.NOCc1ccccc1. The minimum atomic E-state index is -1.39. The molecular formula is C28H45ClN2O11P2+2. The topological polar surface area (TPSA) is 222 Å². The van der Waals surface area contributed by atoms with Crippen LogP contribution in [0, 0.1) is 0 Å². The lowest BCUT2D eigenvalue weighted by molar-refractivity contribution is -0.127. The molecule has 1 aliphatic heterocycles. The first-order valence-corrected chi connectivity index (χ1v) is 17.3. The number of rotatable bonds is 14. The number of hydrogen-bond donors (Lipinski definition) is 7. The molecule has 0 radical (unpaired) electrons. The number of nitrogens with zero attached hydrogens (tertiary/aromatic N) is 1. The lowest BCUT2D eigenvalue weighted by Crippen LogP contribution is -2.38. The number of aliphatic hydroxyl groups excluding tert-OH is 6. The van der Waals surface area contributed by atoms with Gasteiger partial charge >= 0.3 is 15.6 Å². The third-order valence-electron chi connectivity index (χ3n) is 6.00. The van der Waals surface area contributed by atoms with Crippen LogP contribution in [0.5, 0.6) is 0 Å². The van der Waals surface area contributed by atoms with Crippen LogP contribution in [0.15, 0.2) is 65.8 Å². The maximum atomic E-state index is 10.9. The van der Waals surface area contributed by atoms with Crippen molar-refractivity contribution in [1.82, 2.24) is 0 Å². The smallest absolute Gasteiger partial charge is 0.335 e. The number of aliphatic hydroxyl groups is 6. The Labute approximate surface area is 265 Å². The summed E-state index contributed by atoms with van der Waals surface area (Å²) in [5.41, 5.74) is 2.02. The monoisotopic (exact) mass is 682 g/mol. The Bertz CT molecular complexity index is 1080. The standard InChI is InChI=1S/C14H21NO5P.C7H9NO.C7H14O5P.ClH/c1-21(19)8-7-12(16)14(18)13(17)9-15-20-10-11-5-3-2-4-6-11;8-9-6-7-4-2-1-3-5-7;1-13(11)3-2-4-5(8)6(9)7(10)12-4;/h2-6,9,12-14,16-18H,7-8,10H2,1H3;1-5H,6,8H2;4-10H,2-3H2,1H3;1H/q+1;;+1;/t12-,13+,14-;;4-,5-,6-,7-;/m1.1./s1. The number of ether oxygens (including phenoxy) is 1. The average molecular weight is 683 g/mol. The molecule has 0 bridgehead atoms. The Hall–Kier alpha value is -1.96. The number of benzene rings is 2. The second-order valence-electron chi connectivity index (χ2n) is 9.69. The molecule has 44 heavy (non-hydrogen) atoms. The van der Waals surface area contributed by atoms with Crippen LogP contribution in [0.1, 0.15) is 24.0 Å². The zero-order valence-corrected chi connectivity index (χ0v) is 27.3. The molecule has 0 aromatic heterocycles. The Morgan fingerprint density at radius 2 is 1.41 bits per heavy atom. The fourth-order valence-corrected chi connectivity index (χ4v) is 4.79. The van der Waals surface area contributed by atoms with Gasteiger partial charge < -0.3 is 40.2 Å². The van der Waals surface area contributed by atoms with Crippen molar-refractivity contribution in [2.45, 2.75) is 69.0 Å². The zero-order chi connectivity index (χ0) is 32.2. The van der Waals surface area contributed by atoms with Gasteiger partial charge in [0.25, 0.3) is 0 Å². The molecule has 1 saturated heterocycles. The van der Waals surface area contributed by atoms with E-state index in [2.05, 4.69) is 9.99 Å². The number of hydrogen-bond acceptors (Lipinski definition) is 13. The van der Waals surface area contributed by atoms with Gasteiger partial charge in [-0.2, -0.15) is 0 Å². The molecule has 2 aromatic carbocycles. The van der Waals surface area contributed by atoms with Crippen molar-refractivity contribution < 1.29 is 54.2 Å². The maximum absolute atomic E-state index is 10.9. The number of nitrogens with two attached hydrogens (primary N) is 1. The Morgan fingerprint density at radius 1 is 0.886 bits per heavy atom. The molecule has 3 rings (SSSR count). The second kappa shape index (κ2) is 24.3. The molecule has 0 amide bonds. The fraction of sp³-hybridized carbons (Fsp3) is 0.536. The van der Waals surface area contributed by atoms with Crippen molar-refractivity contribution in [1.29, 1.82) is 0 Å². The van der Waals surface area contributed by atoms with Crippen LogP contribution in [-0.2, 0) is 36.8 Å². The molecule has 9 atom stereocenters. The van der Waals surface area contributed by atoms with Gasteiger partial charge in [0.05, 0.1) is 25.0 Å². The van der Waals surface area contributed by atoms with Gasteiger partial charge in [0.2, 0.25) is 0 Å². The molecule has 0 aliphatic carbocycles. The maximum Gasteiger partial charge on any atom is 0.335 e. The molecule has 13 nitrogen and oxygen atoms in total. The minimum absolute atomic E-state index is 0. The lowest BCUT2D eigenvalue weighted by Gasteiger charge is -2.18. The van der Waals surface area contributed by atoms with Crippen molar-refractivity contribution in [2.24, 2.45) is 11.1 Å². The predicted molar refractivity (Wildman–Crippen MR) is 169 cm³/mol. The summed E-state index contributed by atoms with van der Waals surface area (Å²) in [6.07, 6.45) is -5.84. The second-order valence-corrected chi connectivity index (χ2v) is 13.1. The first-order valence-electron chi connectivity index (χ1n) is 13.5. The van der Waals surface area contributed by atoms with E-state index in [0.29, 0.717) is 25.4 Å². The third-order valence-corrected chi connectivity index (χ3v) is 7.78. The largest absolute Gasteiger partial charge is 0.391 e. The average Bonchev–Trinajstić information content (AvgIpc) is 3.24. The van der Waals surface area contributed by atoms with Crippen molar-refractivity contribution in [3.8, 4) is 0 Å². The molecule has 1 fully saturated rings. The molecule has 248 valence electrons. The van der Waals surface area contributed by atoms with Crippen molar-refractivity contribution in [3.63, 3.8) is 0 Å². The number of halogens is 1. The van der Waals surface area contributed by atoms with Crippen molar-refractivity contribution >= 4 is 34.2 Å². The highest BCUT2D eigenvalue weighted by molar-refractivity contribution is 7.43. The quantitative estimate of drug-likeness (QED) is 0.0863.